The fourth-order valence-corrected chi connectivity index (χ4v) is 5.04. The van der Waals surface area contributed by atoms with E-state index in [9.17, 15) is 23.1 Å². The fraction of sp³-hybridized carbons (Fsp3) is 0.385. The van der Waals surface area contributed by atoms with Gasteiger partial charge in [0.1, 0.15) is 6.26 Å². The van der Waals surface area contributed by atoms with E-state index in [4.69, 9.17) is 4.52 Å². The normalized spacial score (nSPS) is 18.1. The van der Waals surface area contributed by atoms with E-state index in [2.05, 4.69) is 5.16 Å². The van der Waals surface area contributed by atoms with Crippen molar-refractivity contribution in [2.75, 3.05) is 4.90 Å². The second-order valence-corrected chi connectivity index (χ2v) is 9.31. The van der Waals surface area contributed by atoms with E-state index in [1.807, 2.05) is 25.1 Å². The first-order valence-electron chi connectivity index (χ1n) is 11.4. The number of aliphatic hydroxyl groups excluding tert-OH is 1. The van der Waals surface area contributed by atoms with Gasteiger partial charge in [0.25, 0.3) is 5.91 Å². The Bertz CT molecular complexity index is 1240. The van der Waals surface area contributed by atoms with E-state index < -0.39 is 23.8 Å². The molecule has 1 fully saturated rings. The van der Waals surface area contributed by atoms with Crippen LogP contribution < -0.4 is 4.90 Å². The van der Waals surface area contributed by atoms with Gasteiger partial charge in [-0.15, -0.1) is 0 Å². The molecular weight excluding hydrogens is 445 g/mol. The van der Waals surface area contributed by atoms with E-state index in [0.29, 0.717) is 11.6 Å². The second-order valence-electron chi connectivity index (χ2n) is 9.31. The lowest BCUT2D eigenvalue weighted by atomic mass is 9.71. The summed E-state index contributed by atoms with van der Waals surface area (Å²) in [4.78, 5) is 14.6. The predicted molar refractivity (Wildman–Crippen MR) is 119 cm³/mol. The Morgan fingerprint density at radius 1 is 1.18 bits per heavy atom. The molecule has 0 saturated heterocycles. The number of amides is 1. The first kappa shape index (κ1) is 22.7. The van der Waals surface area contributed by atoms with Crippen molar-refractivity contribution >= 4 is 11.6 Å². The number of anilines is 1. The Kier molecular flexibility index (Phi) is 5.51. The third kappa shape index (κ3) is 3.79. The maximum Gasteiger partial charge on any atom is 0.416 e. The monoisotopic (exact) mass is 470 g/mol. The average Bonchev–Trinajstić information content (AvgIpc) is 3.32. The molecule has 2 aliphatic rings. The van der Waals surface area contributed by atoms with Crippen LogP contribution in [0.1, 0.15) is 82.1 Å². The number of halogens is 3. The highest BCUT2D eigenvalue weighted by Gasteiger charge is 2.41. The van der Waals surface area contributed by atoms with Gasteiger partial charge in [0.15, 0.2) is 0 Å². The van der Waals surface area contributed by atoms with Crippen molar-refractivity contribution in [3.8, 4) is 0 Å². The lowest BCUT2D eigenvalue weighted by molar-refractivity contribution is -0.138. The van der Waals surface area contributed by atoms with Crippen LogP contribution in [-0.2, 0) is 12.7 Å². The fourth-order valence-electron chi connectivity index (χ4n) is 5.04. The van der Waals surface area contributed by atoms with Crippen molar-refractivity contribution in [2.45, 2.75) is 57.9 Å². The molecule has 8 heteroatoms. The molecule has 1 aliphatic heterocycles. The van der Waals surface area contributed by atoms with Gasteiger partial charge in [-0.1, -0.05) is 23.7 Å². The SMILES string of the molecule is Cc1conc1[C@@H](c1cccc(N2Cc3c(cc(C(C)O)cc3C(F)(F)F)C2=O)c1)C1CCC1. The van der Waals surface area contributed by atoms with Crippen LogP contribution in [0.15, 0.2) is 47.2 Å². The molecule has 2 atom stereocenters. The Balaban J connectivity index is 1.54. The van der Waals surface area contributed by atoms with Gasteiger partial charge in [-0.3, -0.25) is 4.79 Å². The second kappa shape index (κ2) is 8.27. The van der Waals surface area contributed by atoms with Crippen LogP contribution in [0, 0.1) is 12.8 Å². The minimum absolute atomic E-state index is 0.0000997. The number of alkyl halides is 3. The van der Waals surface area contributed by atoms with Crippen LogP contribution in [-0.4, -0.2) is 16.2 Å². The highest BCUT2D eigenvalue weighted by Crippen LogP contribution is 2.45. The molecule has 1 aromatic heterocycles. The van der Waals surface area contributed by atoms with Gasteiger partial charge in [0, 0.05) is 22.7 Å². The van der Waals surface area contributed by atoms with E-state index >= 15 is 0 Å². The van der Waals surface area contributed by atoms with Gasteiger partial charge in [-0.2, -0.15) is 13.2 Å². The number of aromatic nitrogens is 1. The molecule has 178 valence electrons. The number of carbonyl (C=O) groups is 1. The first-order valence-corrected chi connectivity index (χ1v) is 11.4. The van der Waals surface area contributed by atoms with Crippen LogP contribution in [0.5, 0.6) is 0 Å². The van der Waals surface area contributed by atoms with E-state index in [1.54, 1.807) is 12.3 Å². The number of benzene rings is 2. The average molecular weight is 470 g/mol. The zero-order valence-electron chi connectivity index (χ0n) is 18.9. The van der Waals surface area contributed by atoms with Gasteiger partial charge in [0.2, 0.25) is 0 Å². The van der Waals surface area contributed by atoms with Crippen LogP contribution in [0.4, 0.5) is 18.9 Å². The number of aryl methyl sites for hydroxylation is 1. The molecule has 1 N–H and O–H groups in total. The Labute approximate surface area is 195 Å². The van der Waals surface area contributed by atoms with Gasteiger partial charge in [-0.05, 0) is 73.6 Å². The first-order chi connectivity index (χ1) is 16.1. The number of aliphatic hydroxyl groups is 1. The molecule has 34 heavy (non-hydrogen) atoms. The Morgan fingerprint density at radius 2 is 1.94 bits per heavy atom. The molecule has 2 aromatic carbocycles. The number of hydrogen-bond donors (Lipinski definition) is 1. The summed E-state index contributed by atoms with van der Waals surface area (Å²) in [5.41, 5.74) is 2.43. The van der Waals surface area contributed by atoms with Gasteiger partial charge >= 0.3 is 6.18 Å². The van der Waals surface area contributed by atoms with Crippen LogP contribution in [0.25, 0.3) is 0 Å². The minimum Gasteiger partial charge on any atom is -0.389 e. The van der Waals surface area contributed by atoms with E-state index in [1.165, 1.54) is 17.9 Å². The maximum atomic E-state index is 13.8. The number of fused-ring (bicyclic) bond motifs is 1. The topological polar surface area (TPSA) is 66.6 Å². The Hall–Kier alpha value is -3.13. The molecule has 0 radical (unpaired) electrons. The van der Waals surface area contributed by atoms with Gasteiger partial charge in [-0.25, -0.2) is 0 Å². The molecule has 1 saturated carbocycles. The van der Waals surface area contributed by atoms with E-state index in [-0.39, 0.29) is 29.2 Å². The number of rotatable bonds is 5. The highest BCUT2D eigenvalue weighted by atomic mass is 19.4. The molecule has 5 rings (SSSR count). The zero-order valence-corrected chi connectivity index (χ0v) is 18.9. The predicted octanol–water partition coefficient (Wildman–Crippen LogP) is 6.15. The molecule has 1 unspecified atom stereocenters. The van der Waals surface area contributed by atoms with Crippen molar-refractivity contribution in [1.29, 1.82) is 0 Å². The number of hydrogen-bond acceptors (Lipinski definition) is 4. The lowest BCUT2D eigenvalue weighted by Gasteiger charge is -2.33. The molecule has 0 bridgehead atoms. The zero-order chi connectivity index (χ0) is 24.2. The molecule has 1 amide bonds. The molecule has 2 heterocycles. The summed E-state index contributed by atoms with van der Waals surface area (Å²) in [7, 11) is 0. The number of nitrogens with zero attached hydrogens (tertiary/aromatic N) is 2. The maximum absolute atomic E-state index is 13.8. The van der Waals surface area contributed by atoms with Crippen molar-refractivity contribution in [1.82, 2.24) is 5.16 Å². The van der Waals surface area contributed by atoms with Crippen LogP contribution in [0.3, 0.4) is 0 Å². The summed E-state index contributed by atoms with van der Waals surface area (Å²) in [5, 5.41) is 14.1. The van der Waals surface area contributed by atoms with Crippen molar-refractivity contribution in [2.24, 2.45) is 5.92 Å². The smallest absolute Gasteiger partial charge is 0.389 e. The Morgan fingerprint density at radius 3 is 2.53 bits per heavy atom. The molecule has 0 spiro atoms. The van der Waals surface area contributed by atoms with Gasteiger partial charge < -0.3 is 14.5 Å². The summed E-state index contributed by atoms with van der Waals surface area (Å²) in [6, 6.07) is 9.73. The van der Waals surface area contributed by atoms with Crippen LogP contribution in [0.2, 0.25) is 0 Å². The molecule has 1 aliphatic carbocycles. The summed E-state index contributed by atoms with van der Waals surface area (Å²) in [6.07, 6.45) is -0.871. The van der Waals surface area contributed by atoms with Crippen molar-refractivity contribution in [3.05, 3.63) is 81.7 Å². The molecule has 5 nitrogen and oxygen atoms in total. The third-order valence-corrected chi connectivity index (χ3v) is 7.09. The largest absolute Gasteiger partial charge is 0.416 e. The minimum atomic E-state index is -4.63. The summed E-state index contributed by atoms with van der Waals surface area (Å²) < 4.78 is 46.6. The third-order valence-electron chi connectivity index (χ3n) is 7.09. The van der Waals surface area contributed by atoms with E-state index in [0.717, 1.165) is 42.1 Å². The molecule has 3 aromatic rings. The van der Waals surface area contributed by atoms with Crippen LogP contribution >= 0.6 is 0 Å². The van der Waals surface area contributed by atoms with Crippen molar-refractivity contribution < 1.29 is 27.6 Å². The van der Waals surface area contributed by atoms with Gasteiger partial charge in [0.05, 0.1) is 23.9 Å². The summed E-state index contributed by atoms with van der Waals surface area (Å²) in [6.45, 7) is 3.15. The molecular formula is C26H25F3N2O3. The summed E-state index contributed by atoms with van der Waals surface area (Å²) >= 11 is 0. The number of carbonyl (C=O) groups excluding carboxylic acids is 1. The lowest BCUT2D eigenvalue weighted by Crippen LogP contribution is -2.25. The standard InChI is InChI=1S/C26H25F3N2O3/c1-14-13-34-30-24(14)23(16-5-3-6-16)17-7-4-8-19(9-17)31-12-21-20(25(31)33)10-18(15(2)32)11-22(21)26(27,28)29/h4,7-11,13,15-16,23,32H,3,5-6,12H2,1-2H3/t15?,23-/m1/s1. The highest BCUT2D eigenvalue weighted by molar-refractivity contribution is 6.10. The van der Waals surface area contributed by atoms with Crippen molar-refractivity contribution in [3.63, 3.8) is 0 Å². The quantitative estimate of drug-likeness (QED) is 0.486. The summed E-state index contributed by atoms with van der Waals surface area (Å²) in [5.74, 6) is -0.103.